The van der Waals surface area contributed by atoms with Gasteiger partial charge in [-0.25, -0.2) is 9.97 Å². The molecule has 6 N–H and O–H groups in total. The lowest BCUT2D eigenvalue weighted by atomic mass is 9.91. The summed E-state index contributed by atoms with van der Waals surface area (Å²) in [4.78, 5) is 33.7. The van der Waals surface area contributed by atoms with Crippen LogP contribution < -0.4 is 16.0 Å². The van der Waals surface area contributed by atoms with Gasteiger partial charge in [-0.3, -0.25) is 9.36 Å². The van der Waals surface area contributed by atoms with Crippen LogP contribution in [0.5, 0.6) is 0 Å². The average molecular weight is 599 g/mol. The van der Waals surface area contributed by atoms with E-state index in [4.69, 9.17) is 16.1 Å². The van der Waals surface area contributed by atoms with E-state index < -0.39 is 30.4 Å². The number of nitrogens with one attached hydrogen (secondary N) is 4. The molecular formula is C31H35N9O4. The topological polar surface area (TPSA) is 175 Å². The number of ether oxygens (including phenoxy) is 1. The second kappa shape index (κ2) is 13.2. The number of rotatable bonds is 12. The predicted octanol–water partition coefficient (Wildman–Crippen LogP) is 2.20. The first-order valence-electron chi connectivity index (χ1n) is 15.1. The molecule has 13 nitrogen and oxygen atoms in total. The van der Waals surface area contributed by atoms with E-state index in [1.807, 2.05) is 36.4 Å². The number of hydrogen-bond acceptors (Lipinski definition) is 10. The normalized spacial score (nSPS) is 20.1. The second-order valence-electron chi connectivity index (χ2n) is 10.4. The lowest BCUT2D eigenvalue weighted by Crippen LogP contribution is -2.42. The van der Waals surface area contributed by atoms with Crippen LogP contribution in [0.1, 0.15) is 37.2 Å². The fourth-order valence-electron chi connectivity index (χ4n) is 5.36. The molecule has 1 amide bonds. The van der Waals surface area contributed by atoms with Gasteiger partial charge in [0.2, 0.25) is 5.95 Å². The zero-order valence-corrected chi connectivity index (χ0v) is 23.9. The van der Waals surface area contributed by atoms with E-state index in [2.05, 4.69) is 55.2 Å². The zero-order valence-electron chi connectivity index (χ0n) is 24.9. The van der Waals surface area contributed by atoms with Gasteiger partial charge < -0.3 is 35.9 Å². The minimum absolute atomic E-state index is 0.00872. The van der Waals surface area contributed by atoms with Crippen LogP contribution in [0, 0.1) is 0 Å². The molecule has 4 heterocycles. The fraction of sp³-hybridized carbons (Fsp3) is 0.323. The number of anilines is 2. The molecule has 0 spiro atoms. The quantitative estimate of drug-likeness (QED) is 0.125. The number of imidazole rings is 2. The number of likely N-dealkylation sites (N-methyl/N-ethyl adjacent to an activating group) is 1. The van der Waals surface area contributed by atoms with Gasteiger partial charge >= 0.3 is 0 Å². The van der Waals surface area contributed by atoms with Crippen molar-refractivity contribution in [3.63, 3.8) is 0 Å². The Morgan fingerprint density at radius 3 is 2.50 bits per heavy atom. The smallest absolute Gasteiger partial charge is 0.252 e. The van der Waals surface area contributed by atoms with E-state index in [-0.39, 0.29) is 19.4 Å². The first-order chi connectivity index (χ1) is 22.0. The number of carbonyl (C=O) groups is 1. The van der Waals surface area contributed by atoms with Crippen molar-refractivity contribution < 1.29 is 21.1 Å². The summed E-state index contributed by atoms with van der Waals surface area (Å²) in [5.41, 5.74) is 4.00. The second-order valence-corrected chi connectivity index (χ2v) is 10.4. The Morgan fingerprint density at radius 1 is 1.07 bits per heavy atom. The molecule has 0 radical (unpaired) electrons. The monoisotopic (exact) mass is 598 g/mol. The fourth-order valence-corrected chi connectivity index (χ4v) is 5.36. The van der Waals surface area contributed by atoms with Gasteiger partial charge in [0.1, 0.15) is 12.2 Å². The predicted molar refractivity (Wildman–Crippen MR) is 164 cm³/mol. The number of aromatic nitrogens is 6. The summed E-state index contributed by atoms with van der Waals surface area (Å²) >= 11 is 0. The molecule has 1 aliphatic rings. The van der Waals surface area contributed by atoms with Crippen molar-refractivity contribution in [2.75, 3.05) is 30.3 Å². The molecular weight excluding hydrogens is 562 g/mol. The third-order valence-electron chi connectivity index (χ3n) is 7.60. The summed E-state index contributed by atoms with van der Waals surface area (Å²) in [6.07, 6.45) is 0.101. The Hall–Kier alpha value is -4.85. The number of aliphatic hydroxyl groups excluding tert-OH is 2. The Labute approximate surface area is 255 Å². The SMILES string of the molecule is [2H]CCNC(=O)[C@H]1OC(n2cnc3c(NCC(c4ccccc4)c4ccccc4)nc(NCCc4cnc[nH]4)nc32)[C@H](O)[C@@H]1O. The van der Waals surface area contributed by atoms with Gasteiger partial charge in [-0.2, -0.15) is 9.97 Å². The molecule has 6 rings (SSSR count). The number of amides is 1. The van der Waals surface area contributed by atoms with Crippen molar-refractivity contribution in [1.82, 2.24) is 34.8 Å². The van der Waals surface area contributed by atoms with E-state index in [0.29, 0.717) is 42.4 Å². The first-order valence-corrected chi connectivity index (χ1v) is 14.4. The Balaban J connectivity index is 1.31. The third kappa shape index (κ3) is 6.11. The number of nitrogens with zero attached hydrogens (tertiary/aromatic N) is 5. The standard InChI is InChI=1S/C31H35N9O4/c1-2-33-29(43)26-24(41)25(42)30(44-26)40-18-37-23-27(38-31(39-28(23)40)34-14-13-21-15-32-17-36-21)35-16-22(19-9-5-3-6-10-19)20-11-7-4-8-12-20/h3-12,15,17-18,22,24-26,30,41-42H,2,13-14,16H2,1H3,(H,32,36)(H,33,43)(H2,34,35,38,39)/t24-,25+,26-,30?/m0/s1/i1D. The zero-order chi connectivity index (χ0) is 31.2. The molecule has 0 aliphatic carbocycles. The lowest BCUT2D eigenvalue weighted by molar-refractivity contribution is -0.137. The van der Waals surface area contributed by atoms with Gasteiger partial charge in [-0.1, -0.05) is 60.7 Å². The van der Waals surface area contributed by atoms with Gasteiger partial charge in [0.25, 0.3) is 5.91 Å². The van der Waals surface area contributed by atoms with Crippen molar-refractivity contribution in [1.29, 1.82) is 0 Å². The highest BCUT2D eigenvalue weighted by molar-refractivity contribution is 5.85. The number of fused-ring (bicyclic) bond motifs is 1. The summed E-state index contributed by atoms with van der Waals surface area (Å²) < 4.78 is 14.6. The molecule has 0 bridgehead atoms. The summed E-state index contributed by atoms with van der Waals surface area (Å²) in [6.45, 7) is 1.09. The number of hydrogen-bond donors (Lipinski definition) is 6. The van der Waals surface area contributed by atoms with E-state index in [1.165, 1.54) is 10.9 Å². The number of H-pyrrole nitrogens is 1. The van der Waals surface area contributed by atoms with Crippen LogP contribution in [0.2, 0.25) is 0 Å². The van der Waals surface area contributed by atoms with Crippen LogP contribution >= 0.6 is 0 Å². The van der Waals surface area contributed by atoms with Crippen LogP contribution in [0.3, 0.4) is 0 Å². The molecule has 0 saturated carbocycles. The first kappa shape index (κ1) is 28.0. The number of aliphatic hydroxyl groups is 2. The Kier molecular flexibility index (Phi) is 8.39. The van der Waals surface area contributed by atoms with E-state index in [9.17, 15) is 15.0 Å². The average Bonchev–Trinajstić information content (AvgIpc) is 3.81. The summed E-state index contributed by atoms with van der Waals surface area (Å²) in [6, 6.07) is 20.4. The van der Waals surface area contributed by atoms with Crippen LogP contribution in [0.4, 0.5) is 11.8 Å². The Bertz CT molecular complexity index is 1650. The number of benzene rings is 2. The van der Waals surface area contributed by atoms with Gasteiger partial charge in [0.05, 0.1) is 12.7 Å². The highest BCUT2D eigenvalue weighted by Gasteiger charge is 2.47. The van der Waals surface area contributed by atoms with Crippen molar-refractivity contribution in [2.45, 2.75) is 43.8 Å². The highest BCUT2D eigenvalue weighted by atomic mass is 16.6. The summed E-state index contributed by atoms with van der Waals surface area (Å²) in [5.74, 6) is 0.193. The molecule has 1 saturated heterocycles. The van der Waals surface area contributed by atoms with E-state index in [1.54, 1.807) is 12.5 Å². The number of aromatic amines is 1. The molecule has 228 valence electrons. The van der Waals surface area contributed by atoms with E-state index >= 15 is 0 Å². The Morgan fingerprint density at radius 2 is 1.82 bits per heavy atom. The van der Waals surface area contributed by atoms with Gasteiger partial charge in [0, 0.05) is 45.2 Å². The molecule has 5 aromatic rings. The third-order valence-corrected chi connectivity index (χ3v) is 7.60. The van der Waals surface area contributed by atoms with Gasteiger partial charge in [-0.15, -0.1) is 0 Å². The highest BCUT2D eigenvalue weighted by Crippen LogP contribution is 2.33. The maximum Gasteiger partial charge on any atom is 0.252 e. The van der Waals surface area contributed by atoms with Crippen LogP contribution in [-0.2, 0) is 16.0 Å². The van der Waals surface area contributed by atoms with Crippen molar-refractivity contribution >= 4 is 28.8 Å². The van der Waals surface area contributed by atoms with Crippen LogP contribution in [-0.4, -0.2) is 83.6 Å². The molecule has 3 aromatic heterocycles. The van der Waals surface area contributed by atoms with Crippen molar-refractivity contribution in [3.8, 4) is 0 Å². The van der Waals surface area contributed by atoms with Crippen molar-refractivity contribution in [3.05, 3.63) is 96.3 Å². The van der Waals surface area contributed by atoms with Gasteiger partial charge in [0.15, 0.2) is 29.3 Å². The number of carbonyl (C=O) groups excluding carboxylic acids is 1. The van der Waals surface area contributed by atoms with Gasteiger partial charge in [-0.05, 0) is 18.0 Å². The van der Waals surface area contributed by atoms with Crippen molar-refractivity contribution in [2.24, 2.45) is 0 Å². The molecule has 4 atom stereocenters. The lowest BCUT2D eigenvalue weighted by Gasteiger charge is -2.20. The molecule has 2 aromatic carbocycles. The summed E-state index contributed by atoms with van der Waals surface area (Å²) in [5, 5.41) is 30.9. The maximum atomic E-state index is 12.6. The molecule has 44 heavy (non-hydrogen) atoms. The maximum absolute atomic E-state index is 12.6. The minimum atomic E-state index is -1.48. The largest absolute Gasteiger partial charge is 0.387 e. The molecule has 1 unspecified atom stereocenters. The molecule has 13 heteroatoms. The van der Waals surface area contributed by atoms with Crippen LogP contribution in [0.15, 0.2) is 79.5 Å². The van der Waals surface area contributed by atoms with Crippen LogP contribution in [0.25, 0.3) is 11.2 Å². The minimum Gasteiger partial charge on any atom is -0.387 e. The summed E-state index contributed by atoms with van der Waals surface area (Å²) in [7, 11) is 0. The van der Waals surface area contributed by atoms with E-state index in [0.717, 1.165) is 16.8 Å². The molecule has 1 aliphatic heterocycles. The molecule has 1 fully saturated rings.